The maximum absolute atomic E-state index is 11.7. The van der Waals surface area contributed by atoms with Gasteiger partial charge in [-0.3, -0.25) is 10.1 Å². The summed E-state index contributed by atoms with van der Waals surface area (Å²) in [6, 6.07) is 3.14. The molecule has 0 aliphatic rings. The molecule has 0 fully saturated rings. The van der Waals surface area contributed by atoms with Crippen LogP contribution in [0.4, 0.5) is 10.5 Å². The van der Waals surface area contributed by atoms with Crippen LogP contribution in [0.15, 0.2) is 18.2 Å². The molecule has 1 rings (SSSR count). The summed E-state index contributed by atoms with van der Waals surface area (Å²) in [4.78, 5) is 33.1. The predicted octanol–water partition coefficient (Wildman–Crippen LogP) is 2.67. The Balaban J connectivity index is 3.00. The fourth-order valence-corrected chi connectivity index (χ4v) is 1.70. The van der Waals surface area contributed by atoms with Crippen molar-refractivity contribution < 1.29 is 19.2 Å². The van der Waals surface area contributed by atoms with Crippen LogP contribution in [0.1, 0.15) is 37.9 Å². The van der Waals surface area contributed by atoms with Gasteiger partial charge in [-0.05, 0) is 38.8 Å². The van der Waals surface area contributed by atoms with E-state index in [2.05, 4.69) is 5.32 Å². The van der Waals surface area contributed by atoms with Gasteiger partial charge in [-0.15, -0.1) is 0 Å². The lowest BCUT2D eigenvalue weighted by Crippen LogP contribution is -2.35. The van der Waals surface area contributed by atoms with Crippen LogP contribution in [-0.2, 0) is 9.53 Å². The molecule has 0 saturated heterocycles. The van der Waals surface area contributed by atoms with Gasteiger partial charge in [-0.25, -0.2) is 4.79 Å². The standard InChI is InChI=1S/C14H18N2O5/c1-9-5-6-10(16(19)20)7-11(9)12(8-17)15-13(18)21-14(2,3)4/h5-8,12H,1-4H3,(H,15,18). The Morgan fingerprint density at radius 3 is 2.52 bits per heavy atom. The maximum atomic E-state index is 11.7. The molecule has 1 aromatic rings. The van der Waals surface area contributed by atoms with Crippen LogP contribution in [0, 0.1) is 17.0 Å². The van der Waals surface area contributed by atoms with Crippen LogP contribution in [0.3, 0.4) is 0 Å². The minimum absolute atomic E-state index is 0.145. The molecule has 7 nitrogen and oxygen atoms in total. The van der Waals surface area contributed by atoms with Crippen molar-refractivity contribution in [3.05, 3.63) is 39.4 Å². The van der Waals surface area contributed by atoms with Gasteiger partial charge in [0.2, 0.25) is 0 Å². The van der Waals surface area contributed by atoms with E-state index in [-0.39, 0.29) is 5.69 Å². The number of nitro groups is 1. The number of aryl methyl sites for hydroxylation is 1. The van der Waals surface area contributed by atoms with E-state index in [4.69, 9.17) is 4.74 Å². The number of non-ortho nitro benzene ring substituents is 1. The lowest BCUT2D eigenvalue weighted by atomic mass is 10.0. The Morgan fingerprint density at radius 1 is 1.43 bits per heavy atom. The molecule has 114 valence electrons. The summed E-state index contributed by atoms with van der Waals surface area (Å²) >= 11 is 0. The first-order chi connectivity index (χ1) is 9.64. The SMILES string of the molecule is Cc1ccc([N+](=O)[O-])cc1C(C=O)NC(=O)OC(C)(C)C. The summed E-state index contributed by atoms with van der Waals surface area (Å²) in [5.74, 6) is 0. The lowest BCUT2D eigenvalue weighted by molar-refractivity contribution is -0.384. The van der Waals surface area contributed by atoms with E-state index >= 15 is 0 Å². The van der Waals surface area contributed by atoms with Crippen molar-refractivity contribution in [1.29, 1.82) is 0 Å². The highest BCUT2D eigenvalue weighted by molar-refractivity contribution is 5.75. The number of aldehydes is 1. The second kappa shape index (κ2) is 6.34. The molecule has 0 bridgehead atoms. The second-order valence-electron chi connectivity index (χ2n) is 5.56. The van der Waals surface area contributed by atoms with Crippen LogP contribution in [0.5, 0.6) is 0 Å². The molecule has 0 spiro atoms. The number of ether oxygens (including phenoxy) is 1. The highest BCUT2D eigenvalue weighted by Crippen LogP contribution is 2.22. The average molecular weight is 294 g/mol. The molecule has 0 aliphatic heterocycles. The molecule has 21 heavy (non-hydrogen) atoms. The number of hydrogen-bond acceptors (Lipinski definition) is 5. The lowest BCUT2D eigenvalue weighted by Gasteiger charge is -2.22. The third kappa shape index (κ3) is 4.87. The van der Waals surface area contributed by atoms with Crippen molar-refractivity contribution in [2.75, 3.05) is 0 Å². The summed E-state index contributed by atoms with van der Waals surface area (Å²) in [5, 5.41) is 13.2. The first-order valence-electron chi connectivity index (χ1n) is 6.34. The first kappa shape index (κ1) is 16.6. The number of amides is 1. The fraction of sp³-hybridized carbons (Fsp3) is 0.429. The van der Waals surface area contributed by atoms with Gasteiger partial charge in [0, 0.05) is 12.1 Å². The zero-order chi connectivity index (χ0) is 16.2. The van der Waals surface area contributed by atoms with Gasteiger partial charge in [0.1, 0.15) is 17.9 Å². The van der Waals surface area contributed by atoms with Crippen molar-refractivity contribution in [3.8, 4) is 0 Å². The van der Waals surface area contributed by atoms with Gasteiger partial charge in [-0.2, -0.15) is 0 Å². The molecular formula is C14H18N2O5. The highest BCUT2D eigenvalue weighted by Gasteiger charge is 2.22. The first-order valence-corrected chi connectivity index (χ1v) is 6.34. The maximum Gasteiger partial charge on any atom is 0.408 e. The van der Waals surface area contributed by atoms with Gasteiger partial charge in [0.15, 0.2) is 0 Å². The zero-order valence-electron chi connectivity index (χ0n) is 12.4. The molecule has 0 aliphatic carbocycles. The normalized spacial score (nSPS) is 12.4. The second-order valence-corrected chi connectivity index (χ2v) is 5.56. The minimum Gasteiger partial charge on any atom is -0.444 e. The number of nitrogens with zero attached hydrogens (tertiary/aromatic N) is 1. The zero-order valence-corrected chi connectivity index (χ0v) is 12.4. The molecule has 0 saturated carbocycles. The van der Waals surface area contributed by atoms with Crippen molar-refractivity contribution in [1.82, 2.24) is 5.32 Å². The number of benzene rings is 1. The third-order valence-corrected chi connectivity index (χ3v) is 2.62. The van der Waals surface area contributed by atoms with E-state index in [9.17, 15) is 19.7 Å². The number of alkyl carbamates (subject to hydrolysis) is 1. The molecule has 1 aromatic carbocycles. The Hall–Kier alpha value is -2.44. The molecule has 1 amide bonds. The van der Waals surface area contributed by atoms with Gasteiger partial charge in [0.25, 0.3) is 5.69 Å². The molecule has 0 aromatic heterocycles. The van der Waals surface area contributed by atoms with Crippen molar-refractivity contribution in [2.45, 2.75) is 39.3 Å². The van der Waals surface area contributed by atoms with Crippen LogP contribution in [0.25, 0.3) is 0 Å². The number of rotatable bonds is 4. The Bertz CT molecular complexity index is 563. The largest absolute Gasteiger partial charge is 0.444 e. The van der Waals surface area contributed by atoms with Crippen LogP contribution in [-0.4, -0.2) is 22.9 Å². The fourth-order valence-electron chi connectivity index (χ4n) is 1.70. The van der Waals surface area contributed by atoms with E-state index in [1.807, 2.05) is 0 Å². The van der Waals surface area contributed by atoms with E-state index in [1.54, 1.807) is 27.7 Å². The van der Waals surface area contributed by atoms with E-state index in [0.29, 0.717) is 17.4 Å². The summed E-state index contributed by atoms with van der Waals surface area (Å²) in [6.45, 7) is 6.79. The smallest absolute Gasteiger partial charge is 0.408 e. The summed E-state index contributed by atoms with van der Waals surface area (Å²) in [7, 11) is 0. The van der Waals surface area contributed by atoms with Crippen LogP contribution < -0.4 is 5.32 Å². The summed E-state index contributed by atoms with van der Waals surface area (Å²) < 4.78 is 5.07. The van der Waals surface area contributed by atoms with Gasteiger partial charge < -0.3 is 14.8 Å². The van der Waals surface area contributed by atoms with Gasteiger partial charge in [-0.1, -0.05) is 6.07 Å². The Labute approximate surface area is 122 Å². The minimum atomic E-state index is -1.00. The predicted molar refractivity (Wildman–Crippen MR) is 76.0 cm³/mol. The number of nitro benzene ring substituents is 1. The summed E-state index contributed by atoms with van der Waals surface area (Å²) in [6.07, 6.45) is -0.249. The third-order valence-electron chi connectivity index (χ3n) is 2.62. The van der Waals surface area contributed by atoms with Gasteiger partial charge >= 0.3 is 6.09 Å². The molecule has 1 unspecified atom stereocenters. The highest BCUT2D eigenvalue weighted by atomic mass is 16.6. The quantitative estimate of drug-likeness (QED) is 0.523. The number of carbonyl (C=O) groups excluding carboxylic acids is 2. The average Bonchev–Trinajstić information content (AvgIpc) is 2.34. The van der Waals surface area contributed by atoms with Crippen LogP contribution in [0.2, 0.25) is 0 Å². The molecule has 1 atom stereocenters. The van der Waals surface area contributed by atoms with Gasteiger partial charge in [0.05, 0.1) is 4.92 Å². The van der Waals surface area contributed by atoms with Crippen molar-refractivity contribution in [3.63, 3.8) is 0 Å². The number of nitrogens with one attached hydrogen (secondary N) is 1. The van der Waals surface area contributed by atoms with E-state index in [1.165, 1.54) is 18.2 Å². The molecule has 0 radical (unpaired) electrons. The van der Waals surface area contributed by atoms with Crippen molar-refractivity contribution >= 4 is 18.1 Å². The number of hydrogen-bond donors (Lipinski definition) is 1. The Morgan fingerprint density at radius 2 is 2.05 bits per heavy atom. The molecular weight excluding hydrogens is 276 g/mol. The van der Waals surface area contributed by atoms with E-state index in [0.717, 1.165) is 0 Å². The topological polar surface area (TPSA) is 98.5 Å². The molecule has 1 N–H and O–H groups in total. The van der Waals surface area contributed by atoms with Crippen molar-refractivity contribution in [2.24, 2.45) is 0 Å². The Kier molecular flexibility index (Phi) is 5.02. The van der Waals surface area contributed by atoms with E-state index < -0.39 is 22.7 Å². The van der Waals surface area contributed by atoms with Crippen LogP contribution >= 0.6 is 0 Å². The number of carbonyl (C=O) groups is 2. The monoisotopic (exact) mass is 294 g/mol. The molecule has 7 heteroatoms. The summed E-state index contributed by atoms with van der Waals surface area (Å²) in [5.41, 5.74) is 0.183. The molecule has 0 heterocycles.